The monoisotopic (exact) mass is 526 g/mol. The SMILES string of the molecule is C=CC(=O)N1CC2(CCN(c3nc(OCCN4CCCC4=O)nc(-c4c(C)ccc5[nH]ncc45)c3C#N)C2)C1. The highest BCUT2D eigenvalue weighted by molar-refractivity contribution is 5.97. The number of ether oxygens (including phenoxy) is 1. The molecule has 2 aromatic heterocycles. The van der Waals surface area contributed by atoms with Gasteiger partial charge in [-0.15, -0.1) is 0 Å². The molecule has 1 spiro atoms. The van der Waals surface area contributed by atoms with Crippen molar-refractivity contribution in [1.29, 1.82) is 5.26 Å². The third kappa shape index (κ3) is 4.35. The first-order chi connectivity index (χ1) is 18.9. The van der Waals surface area contributed by atoms with E-state index in [-0.39, 0.29) is 29.8 Å². The molecule has 1 aromatic carbocycles. The van der Waals surface area contributed by atoms with E-state index in [1.165, 1.54) is 6.08 Å². The molecule has 0 bridgehead atoms. The van der Waals surface area contributed by atoms with Crippen LogP contribution >= 0.6 is 0 Å². The van der Waals surface area contributed by atoms with E-state index in [2.05, 4.69) is 27.7 Å². The first-order valence-electron chi connectivity index (χ1n) is 13.2. The van der Waals surface area contributed by atoms with E-state index in [0.29, 0.717) is 56.2 Å². The van der Waals surface area contributed by atoms with Crippen LogP contribution in [0, 0.1) is 23.7 Å². The number of benzene rings is 1. The minimum Gasteiger partial charge on any atom is -0.462 e. The number of nitrogens with one attached hydrogen (secondary N) is 1. The molecule has 0 aliphatic carbocycles. The van der Waals surface area contributed by atoms with Crippen molar-refractivity contribution < 1.29 is 14.3 Å². The van der Waals surface area contributed by atoms with Gasteiger partial charge in [0.25, 0.3) is 0 Å². The van der Waals surface area contributed by atoms with Crippen LogP contribution in [-0.4, -0.2) is 87.7 Å². The van der Waals surface area contributed by atoms with Crippen LogP contribution in [0.2, 0.25) is 0 Å². The Balaban J connectivity index is 1.36. The Morgan fingerprint density at radius 1 is 1.28 bits per heavy atom. The van der Waals surface area contributed by atoms with Crippen LogP contribution < -0.4 is 9.64 Å². The molecule has 5 heterocycles. The van der Waals surface area contributed by atoms with Crippen LogP contribution in [0.4, 0.5) is 5.82 Å². The molecule has 3 aromatic rings. The fraction of sp³-hybridized carbons (Fsp3) is 0.429. The number of likely N-dealkylation sites (tertiary alicyclic amines) is 2. The molecule has 3 aliphatic rings. The molecule has 1 N–H and O–H groups in total. The van der Waals surface area contributed by atoms with E-state index in [1.807, 2.05) is 19.1 Å². The summed E-state index contributed by atoms with van der Waals surface area (Å²) in [5.41, 5.74) is 3.45. The van der Waals surface area contributed by atoms with Crippen LogP contribution in [0.1, 0.15) is 30.4 Å². The van der Waals surface area contributed by atoms with E-state index >= 15 is 0 Å². The number of carbonyl (C=O) groups excluding carboxylic acids is 2. The normalized spacial score (nSPS) is 18.1. The van der Waals surface area contributed by atoms with Crippen LogP contribution in [0.25, 0.3) is 22.2 Å². The maximum Gasteiger partial charge on any atom is 0.319 e. The summed E-state index contributed by atoms with van der Waals surface area (Å²) >= 11 is 0. The molecular formula is C28H30N8O3. The number of carbonyl (C=O) groups is 2. The van der Waals surface area contributed by atoms with Gasteiger partial charge in [-0.1, -0.05) is 12.6 Å². The summed E-state index contributed by atoms with van der Waals surface area (Å²) < 4.78 is 6.03. The Kier molecular flexibility index (Phi) is 6.17. The highest BCUT2D eigenvalue weighted by Crippen LogP contribution is 2.43. The van der Waals surface area contributed by atoms with E-state index < -0.39 is 0 Å². The number of aromatic amines is 1. The molecule has 6 rings (SSSR count). The van der Waals surface area contributed by atoms with Crippen molar-refractivity contribution in [3.05, 3.63) is 42.1 Å². The number of H-pyrrole nitrogens is 1. The lowest BCUT2D eigenvalue weighted by Crippen LogP contribution is -2.59. The Labute approximate surface area is 226 Å². The number of nitrogens with zero attached hydrogens (tertiary/aromatic N) is 7. The first kappa shape index (κ1) is 24.9. The molecule has 11 heteroatoms. The van der Waals surface area contributed by atoms with Gasteiger partial charge in [0.2, 0.25) is 11.8 Å². The van der Waals surface area contributed by atoms with Gasteiger partial charge in [0.05, 0.1) is 24.0 Å². The van der Waals surface area contributed by atoms with Gasteiger partial charge in [-0.3, -0.25) is 14.7 Å². The van der Waals surface area contributed by atoms with Gasteiger partial charge in [0, 0.05) is 55.5 Å². The number of rotatable bonds is 7. The fourth-order valence-corrected chi connectivity index (χ4v) is 6.06. The van der Waals surface area contributed by atoms with Crippen LogP contribution in [0.15, 0.2) is 31.0 Å². The van der Waals surface area contributed by atoms with E-state index in [9.17, 15) is 14.9 Å². The van der Waals surface area contributed by atoms with Gasteiger partial charge < -0.3 is 19.4 Å². The smallest absolute Gasteiger partial charge is 0.319 e. The summed E-state index contributed by atoms with van der Waals surface area (Å²) in [5, 5.41) is 18.5. The second kappa shape index (κ2) is 9.69. The first-order valence-corrected chi connectivity index (χ1v) is 13.2. The molecule has 3 saturated heterocycles. The van der Waals surface area contributed by atoms with Crippen molar-refractivity contribution in [2.75, 3.05) is 50.8 Å². The predicted molar refractivity (Wildman–Crippen MR) is 144 cm³/mol. The molecule has 0 unspecified atom stereocenters. The molecule has 200 valence electrons. The van der Waals surface area contributed by atoms with Crippen molar-refractivity contribution >= 4 is 28.5 Å². The van der Waals surface area contributed by atoms with Crippen molar-refractivity contribution in [2.24, 2.45) is 5.41 Å². The molecule has 3 aliphatic heterocycles. The number of amides is 2. The highest BCUT2D eigenvalue weighted by Gasteiger charge is 2.49. The van der Waals surface area contributed by atoms with Crippen molar-refractivity contribution in [3.63, 3.8) is 0 Å². The maximum atomic E-state index is 12.0. The zero-order chi connectivity index (χ0) is 27.1. The van der Waals surface area contributed by atoms with E-state index in [0.717, 1.165) is 41.4 Å². The lowest BCUT2D eigenvalue weighted by Gasteiger charge is -2.47. The van der Waals surface area contributed by atoms with Crippen molar-refractivity contribution in [2.45, 2.75) is 26.2 Å². The molecule has 11 nitrogen and oxygen atoms in total. The van der Waals surface area contributed by atoms with Gasteiger partial charge in [0.15, 0.2) is 5.82 Å². The van der Waals surface area contributed by atoms with Gasteiger partial charge in [-0.05, 0) is 37.5 Å². The molecule has 0 atom stereocenters. The average molecular weight is 527 g/mol. The summed E-state index contributed by atoms with van der Waals surface area (Å²) in [6.45, 7) is 9.73. The second-order valence-corrected chi connectivity index (χ2v) is 10.7. The quantitative estimate of drug-likeness (QED) is 0.465. The molecule has 39 heavy (non-hydrogen) atoms. The van der Waals surface area contributed by atoms with Crippen molar-refractivity contribution in [1.82, 2.24) is 30.0 Å². The number of hydrogen-bond acceptors (Lipinski definition) is 8. The zero-order valence-corrected chi connectivity index (χ0v) is 21.9. The lowest BCUT2D eigenvalue weighted by atomic mass is 9.79. The summed E-state index contributed by atoms with van der Waals surface area (Å²) in [7, 11) is 0. The number of nitriles is 1. The summed E-state index contributed by atoms with van der Waals surface area (Å²) in [6, 6.07) is 6.47. The summed E-state index contributed by atoms with van der Waals surface area (Å²) in [5.74, 6) is 0.604. The number of anilines is 1. The molecule has 0 radical (unpaired) electrons. The van der Waals surface area contributed by atoms with Crippen LogP contribution in [0.5, 0.6) is 6.01 Å². The summed E-state index contributed by atoms with van der Waals surface area (Å²) in [6.07, 6.45) is 5.41. The van der Waals surface area contributed by atoms with Crippen LogP contribution in [0.3, 0.4) is 0 Å². The minimum atomic E-state index is -0.0584. The van der Waals surface area contributed by atoms with Gasteiger partial charge in [-0.2, -0.15) is 20.3 Å². The minimum absolute atomic E-state index is 0.0336. The van der Waals surface area contributed by atoms with Gasteiger partial charge in [0.1, 0.15) is 18.2 Å². The Hall–Kier alpha value is -4.46. The van der Waals surface area contributed by atoms with Gasteiger partial charge >= 0.3 is 6.01 Å². The molecule has 2 amide bonds. The van der Waals surface area contributed by atoms with E-state index in [1.54, 1.807) is 16.0 Å². The third-order valence-corrected chi connectivity index (χ3v) is 8.09. The zero-order valence-electron chi connectivity index (χ0n) is 21.9. The van der Waals surface area contributed by atoms with Crippen molar-refractivity contribution in [3.8, 4) is 23.3 Å². The fourth-order valence-electron chi connectivity index (χ4n) is 6.06. The summed E-state index contributed by atoms with van der Waals surface area (Å²) in [4.78, 5) is 39.3. The lowest BCUT2D eigenvalue weighted by molar-refractivity contribution is -0.136. The van der Waals surface area contributed by atoms with Crippen LogP contribution in [-0.2, 0) is 9.59 Å². The molecule has 3 fully saturated rings. The standard InChI is InChI=1S/C28H30N8O3/c1-3-22(37)36-16-28(17-36)8-10-35(15-28)26-19(13-29)25(24-18(2)6-7-21-20(24)14-30-33-21)31-27(32-26)39-12-11-34-9-4-5-23(34)38/h3,6-7,14H,1,4-5,8-12,15-17H2,2H3,(H,30,33). The second-order valence-electron chi connectivity index (χ2n) is 10.7. The Bertz CT molecular complexity index is 1520. The largest absolute Gasteiger partial charge is 0.462 e. The molecular weight excluding hydrogens is 496 g/mol. The Morgan fingerprint density at radius 3 is 2.87 bits per heavy atom. The topological polar surface area (TPSA) is 131 Å². The molecule has 0 saturated carbocycles. The number of aromatic nitrogens is 4. The number of fused-ring (bicyclic) bond motifs is 1. The highest BCUT2D eigenvalue weighted by atomic mass is 16.5. The van der Waals surface area contributed by atoms with Gasteiger partial charge in [-0.25, -0.2) is 0 Å². The number of aryl methyl sites for hydroxylation is 1. The maximum absolute atomic E-state index is 12.0. The van der Waals surface area contributed by atoms with E-state index in [4.69, 9.17) is 14.7 Å². The average Bonchev–Trinajstić information content (AvgIpc) is 3.67. The predicted octanol–water partition coefficient (Wildman–Crippen LogP) is 2.43. The number of hydrogen-bond donors (Lipinski definition) is 1. The Morgan fingerprint density at radius 2 is 2.13 bits per heavy atom. The third-order valence-electron chi connectivity index (χ3n) is 8.09.